The van der Waals surface area contributed by atoms with Gasteiger partial charge in [0.25, 0.3) is 0 Å². The van der Waals surface area contributed by atoms with E-state index < -0.39 is 5.97 Å². The highest BCUT2D eigenvalue weighted by Crippen LogP contribution is 2.45. The summed E-state index contributed by atoms with van der Waals surface area (Å²) >= 11 is 14.3. The topological polar surface area (TPSA) is 127 Å². The van der Waals surface area contributed by atoms with Crippen molar-refractivity contribution in [2.75, 3.05) is 41.5 Å². The zero-order chi connectivity index (χ0) is 42.8. The van der Waals surface area contributed by atoms with Crippen LogP contribution in [0.5, 0.6) is 17.2 Å². The Morgan fingerprint density at radius 2 is 1.61 bits per heavy atom. The third-order valence-electron chi connectivity index (χ3n) is 13.2. The SMILES string of the molecule is COc1cc(Cn2ncc3c(-c4cccc(-c5cc(OC)c(CNC[C@]6(C7CC7)CCC(=O)N6)c(OC)c5)c4Cl)cccc32)c(Cl)cc1CN(C)CC1CCC(C(=O)O)CC1. The Morgan fingerprint density at radius 3 is 2.26 bits per heavy atom. The molecule has 0 radical (unpaired) electrons. The Morgan fingerprint density at radius 1 is 0.918 bits per heavy atom. The molecule has 11 nitrogen and oxygen atoms in total. The van der Waals surface area contributed by atoms with E-state index in [9.17, 15) is 14.7 Å². The minimum Gasteiger partial charge on any atom is -0.496 e. The fourth-order valence-corrected chi connectivity index (χ4v) is 10.3. The van der Waals surface area contributed by atoms with Gasteiger partial charge in [0.2, 0.25) is 5.91 Å². The monoisotopic (exact) mass is 867 g/mol. The van der Waals surface area contributed by atoms with Gasteiger partial charge in [0.1, 0.15) is 17.2 Å². The molecule has 1 atom stereocenters. The number of hydrogen-bond acceptors (Lipinski definition) is 8. The van der Waals surface area contributed by atoms with Gasteiger partial charge in [-0.3, -0.25) is 14.3 Å². The number of aromatic nitrogens is 2. The number of carbonyl (C=O) groups is 2. The second-order valence-corrected chi connectivity index (χ2v) is 17.9. The summed E-state index contributed by atoms with van der Waals surface area (Å²) in [6, 6.07) is 20.2. The Kier molecular flexibility index (Phi) is 12.8. The lowest BCUT2D eigenvalue weighted by Gasteiger charge is -2.30. The maximum absolute atomic E-state index is 12.2. The van der Waals surface area contributed by atoms with E-state index in [0.717, 1.165) is 107 Å². The number of aliphatic carboxylic acids is 1. The molecule has 1 saturated heterocycles. The van der Waals surface area contributed by atoms with Crippen molar-refractivity contribution in [2.24, 2.45) is 17.8 Å². The number of nitrogens with one attached hydrogen (secondary N) is 2. The molecular formula is C48H55Cl2N5O6. The summed E-state index contributed by atoms with van der Waals surface area (Å²) in [5.74, 6) is 2.39. The van der Waals surface area contributed by atoms with Crippen LogP contribution in [-0.4, -0.2) is 78.7 Å². The maximum Gasteiger partial charge on any atom is 0.306 e. The normalized spacial score (nSPS) is 20.3. The molecule has 5 aromatic rings. The van der Waals surface area contributed by atoms with E-state index in [4.69, 9.17) is 42.5 Å². The number of nitrogens with zero attached hydrogens (tertiary/aromatic N) is 3. The van der Waals surface area contributed by atoms with Crippen LogP contribution in [0.2, 0.25) is 10.0 Å². The number of rotatable bonds is 17. The molecule has 3 fully saturated rings. The number of hydrogen-bond donors (Lipinski definition) is 3. The Labute approximate surface area is 367 Å². The molecule has 1 aliphatic heterocycles. The van der Waals surface area contributed by atoms with Crippen molar-refractivity contribution in [3.05, 3.63) is 93.6 Å². The predicted molar refractivity (Wildman–Crippen MR) is 240 cm³/mol. The number of methoxy groups -OCH3 is 3. The molecule has 61 heavy (non-hydrogen) atoms. The molecule has 2 saturated carbocycles. The lowest BCUT2D eigenvalue weighted by molar-refractivity contribution is -0.143. The molecule has 0 spiro atoms. The Balaban J connectivity index is 0.999. The number of halogens is 2. The lowest BCUT2D eigenvalue weighted by atomic mass is 9.82. The summed E-state index contributed by atoms with van der Waals surface area (Å²) in [6.07, 6.45) is 8.97. The largest absolute Gasteiger partial charge is 0.496 e. The number of carboxylic acids is 1. The van der Waals surface area contributed by atoms with Gasteiger partial charge in [-0.05, 0) is 111 Å². The molecule has 4 aromatic carbocycles. The number of carboxylic acid groups (broad SMARTS) is 1. The number of fused-ring (bicyclic) bond motifs is 1. The van der Waals surface area contributed by atoms with Crippen molar-refractivity contribution in [1.29, 1.82) is 0 Å². The van der Waals surface area contributed by atoms with Gasteiger partial charge in [-0.1, -0.05) is 53.5 Å². The van der Waals surface area contributed by atoms with Crippen LogP contribution in [0.25, 0.3) is 33.2 Å². The number of carbonyl (C=O) groups excluding carboxylic acids is 1. The van der Waals surface area contributed by atoms with Crippen LogP contribution in [0.4, 0.5) is 0 Å². The predicted octanol–water partition coefficient (Wildman–Crippen LogP) is 9.22. The third kappa shape index (κ3) is 9.07. The standard InChI is InChI=1S/C48H55Cl2N5O6/c1-54(25-29-11-13-30(14-12-29)47(57)58)26-33-19-40(49)32(22-42(33)59-2)27-55-41-10-6-8-36(38(41)24-52-55)37-9-5-7-35(46(37)50)31-20-43(60-3)39(44(21-31)61-4)23-51-28-48(34-15-16-34)18-17-45(56)53-48/h5-10,19-22,24,29-30,34,51H,11-18,23,25-28H2,1-4H3,(H,53,56)(H,57,58)/t29?,30?,48-/m0/s1. The van der Waals surface area contributed by atoms with Crippen molar-refractivity contribution >= 4 is 46.0 Å². The van der Waals surface area contributed by atoms with Crippen LogP contribution in [0.3, 0.4) is 0 Å². The van der Waals surface area contributed by atoms with Crippen LogP contribution in [-0.2, 0) is 29.2 Å². The van der Waals surface area contributed by atoms with E-state index in [1.165, 1.54) is 0 Å². The molecule has 0 unspecified atom stereocenters. The van der Waals surface area contributed by atoms with Crippen molar-refractivity contribution in [3.63, 3.8) is 0 Å². The molecule has 0 bridgehead atoms. The molecule has 3 N–H and O–H groups in total. The molecule has 1 aromatic heterocycles. The summed E-state index contributed by atoms with van der Waals surface area (Å²) in [5.41, 5.74) is 7.10. The van der Waals surface area contributed by atoms with Crippen LogP contribution in [0, 0.1) is 17.8 Å². The van der Waals surface area contributed by atoms with Gasteiger partial charge in [0, 0.05) is 65.3 Å². The smallest absolute Gasteiger partial charge is 0.306 e. The summed E-state index contributed by atoms with van der Waals surface area (Å²) < 4.78 is 19.7. The quantitative estimate of drug-likeness (QED) is 0.0839. The van der Waals surface area contributed by atoms with E-state index >= 15 is 0 Å². The fourth-order valence-electron chi connectivity index (χ4n) is 9.73. The van der Waals surface area contributed by atoms with Crippen LogP contribution in [0.1, 0.15) is 68.1 Å². The van der Waals surface area contributed by atoms with E-state index in [1.807, 2.05) is 59.4 Å². The molecule has 2 heterocycles. The van der Waals surface area contributed by atoms with Gasteiger partial charge in [-0.15, -0.1) is 0 Å². The van der Waals surface area contributed by atoms with Crippen LogP contribution in [0.15, 0.2) is 66.9 Å². The third-order valence-corrected chi connectivity index (χ3v) is 13.9. The zero-order valence-electron chi connectivity index (χ0n) is 35.4. The minimum atomic E-state index is -0.675. The van der Waals surface area contributed by atoms with Crippen molar-refractivity contribution in [3.8, 4) is 39.5 Å². The highest BCUT2D eigenvalue weighted by Gasteiger charge is 2.49. The molecule has 2 aliphatic carbocycles. The number of amides is 1. The lowest BCUT2D eigenvalue weighted by Crippen LogP contribution is -2.51. The summed E-state index contributed by atoms with van der Waals surface area (Å²) in [6.45, 7) is 3.21. The van der Waals surface area contributed by atoms with Gasteiger partial charge in [0.05, 0.1) is 56.1 Å². The summed E-state index contributed by atoms with van der Waals surface area (Å²) in [7, 11) is 7.10. The maximum atomic E-state index is 12.2. The average molecular weight is 869 g/mol. The molecule has 8 rings (SSSR count). The van der Waals surface area contributed by atoms with Gasteiger partial charge in [0.15, 0.2) is 0 Å². The molecular weight excluding hydrogens is 813 g/mol. The van der Waals surface area contributed by atoms with Gasteiger partial charge in [-0.2, -0.15) is 5.10 Å². The second kappa shape index (κ2) is 18.3. The van der Waals surface area contributed by atoms with Gasteiger partial charge < -0.3 is 34.9 Å². The summed E-state index contributed by atoms with van der Waals surface area (Å²) in [4.78, 5) is 25.9. The number of ether oxygens (including phenoxy) is 3. The Bertz CT molecular complexity index is 2400. The molecule has 13 heteroatoms. The molecule has 322 valence electrons. The molecule has 1 amide bonds. The van der Waals surface area contributed by atoms with Crippen LogP contribution >= 0.6 is 23.2 Å². The van der Waals surface area contributed by atoms with E-state index in [1.54, 1.807) is 21.3 Å². The van der Waals surface area contributed by atoms with Crippen molar-refractivity contribution in [2.45, 2.75) is 76.5 Å². The minimum absolute atomic E-state index is 0.136. The van der Waals surface area contributed by atoms with E-state index in [0.29, 0.717) is 66.0 Å². The first-order valence-corrected chi connectivity index (χ1v) is 22.0. The van der Waals surface area contributed by atoms with Crippen molar-refractivity contribution < 1.29 is 28.9 Å². The van der Waals surface area contributed by atoms with E-state index in [-0.39, 0.29) is 17.4 Å². The second-order valence-electron chi connectivity index (χ2n) is 17.2. The first-order valence-electron chi connectivity index (χ1n) is 21.3. The van der Waals surface area contributed by atoms with Gasteiger partial charge >= 0.3 is 5.97 Å². The highest BCUT2D eigenvalue weighted by molar-refractivity contribution is 6.36. The summed E-state index contributed by atoms with van der Waals surface area (Å²) in [5, 5.41) is 23.3. The van der Waals surface area contributed by atoms with E-state index in [2.05, 4.69) is 34.7 Å². The fraction of sp³-hybridized carbons (Fsp3) is 0.438. The Hall–Kier alpha value is -4.81. The first-order chi connectivity index (χ1) is 29.5. The first kappa shape index (κ1) is 42.9. The van der Waals surface area contributed by atoms with Crippen LogP contribution < -0.4 is 24.8 Å². The van der Waals surface area contributed by atoms with Crippen molar-refractivity contribution in [1.82, 2.24) is 25.3 Å². The highest BCUT2D eigenvalue weighted by atomic mass is 35.5. The average Bonchev–Trinajstić information content (AvgIpc) is 3.94. The van der Waals surface area contributed by atoms with Gasteiger partial charge in [-0.25, -0.2) is 0 Å². The number of benzene rings is 4. The molecule has 3 aliphatic rings. The zero-order valence-corrected chi connectivity index (χ0v) is 36.9.